The molecule has 0 bridgehead atoms. The molecule has 1 aliphatic carbocycles. The van der Waals surface area contributed by atoms with Gasteiger partial charge < -0.3 is 16.2 Å². The van der Waals surface area contributed by atoms with Gasteiger partial charge in [-0.25, -0.2) is 0 Å². The maximum Gasteiger partial charge on any atom is 0.240 e. The molecule has 0 aromatic carbocycles. The lowest BCUT2D eigenvalue weighted by Gasteiger charge is -2.29. The van der Waals surface area contributed by atoms with Crippen molar-refractivity contribution in [3.63, 3.8) is 0 Å². The third-order valence-corrected chi connectivity index (χ3v) is 3.52. The number of aliphatic hydroxyl groups excluding tert-OH is 1. The van der Waals surface area contributed by atoms with Gasteiger partial charge in [0.25, 0.3) is 0 Å². The summed E-state index contributed by atoms with van der Waals surface area (Å²) in [5.74, 6) is -0.0336. The fourth-order valence-corrected chi connectivity index (χ4v) is 2.60. The summed E-state index contributed by atoms with van der Waals surface area (Å²) in [6.07, 6.45) is 3.98. The maximum absolute atomic E-state index is 12.0. The van der Waals surface area contributed by atoms with Crippen molar-refractivity contribution in [2.45, 2.75) is 64.5 Å². The van der Waals surface area contributed by atoms with Crippen molar-refractivity contribution >= 4 is 18.3 Å². The predicted octanol–water partition coefficient (Wildman–Crippen LogP) is 1.59. The van der Waals surface area contributed by atoms with E-state index in [0.717, 1.165) is 25.7 Å². The number of nitrogens with two attached hydrogens (primary N) is 1. The Morgan fingerprint density at radius 1 is 1.44 bits per heavy atom. The summed E-state index contributed by atoms with van der Waals surface area (Å²) in [5.41, 5.74) is 5.32. The van der Waals surface area contributed by atoms with Gasteiger partial charge >= 0.3 is 0 Å². The van der Waals surface area contributed by atoms with E-state index in [0.29, 0.717) is 13.0 Å². The normalized spacial score (nSPS) is 20.1. The van der Waals surface area contributed by atoms with Gasteiger partial charge in [0, 0.05) is 6.54 Å². The molecule has 1 aliphatic rings. The smallest absolute Gasteiger partial charge is 0.240 e. The highest BCUT2D eigenvalue weighted by atomic mass is 35.5. The second kappa shape index (κ2) is 6.73. The number of halogens is 1. The van der Waals surface area contributed by atoms with Gasteiger partial charge in [0.05, 0.1) is 11.6 Å². The maximum atomic E-state index is 12.0. The van der Waals surface area contributed by atoms with Crippen molar-refractivity contribution in [3.05, 3.63) is 0 Å². The summed E-state index contributed by atoms with van der Waals surface area (Å²) in [6, 6.07) is 0. The van der Waals surface area contributed by atoms with Gasteiger partial charge in [-0.3, -0.25) is 4.79 Å². The van der Waals surface area contributed by atoms with E-state index in [1.165, 1.54) is 0 Å². The Labute approximate surface area is 116 Å². The molecule has 108 valence electrons. The molecule has 0 saturated heterocycles. The first-order valence-corrected chi connectivity index (χ1v) is 6.50. The number of amides is 1. The van der Waals surface area contributed by atoms with E-state index in [4.69, 9.17) is 5.73 Å². The highest BCUT2D eigenvalue weighted by Crippen LogP contribution is 2.28. The van der Waals surface area contributed by atoms with Crippen LogP contribution in [0.4, 0.5) is 0 Å². The second-order valence-corrected chi connectivity index (χ2v) is 6.26. The zero-order valence-corrected chi connectivity index (χ0v) is 12.5. The standard InChI is InChI=1S/C13H26N2O2.ClH/c1-10(16)8-12(2,3)9-15-11(17)13(14)6-4-5-7-13;/h10,16H,4-9,14H2,1-3H3,(H,15,17);1H. The SMILES string of the molecule is CC(O)CC(C)(C)CNC(=O)C1(N)CCCC1.Cl. The number of rotatable bonds is 5. The molecule has 0 aliphatic heterocycles. The van der Waals surface area contributed by atoms with Crippen LogP contribution in [0, 0.1) is 5.41 Å². The van der Waals surface area contributed by atoms with Crippen LogP contribution in [0.5, 0.6) is 0 Å². The van der Waals surface area contributed by atoms with E-state index in [1.807, 2.05) is 13.8 Å². The Bertz CT molecular complexity index is 274. The van der Waals surface area contributed by atoms with Crippen molar-refractivity contribution in [2.75, 3.05) is 6.54 Å². The highest BCUT2D eigenvalue weighted by Gasteiger charge is 2.37. The Hall–Kier alpha value is -0.320. The molecule has 1 amide bonds. The fourth-order valence-electron chi connectivity index (χ4n) is 2.60. The van der Waals surface area contributed by atoms with E-state index in [-0.39, 0.29) is 29.8 Å². The van der Waals surface area contributed by atoms with E-state index in [1.54, 1.807) is 6.92 Å². The van der Waals surface area contributed by atoms with Gasteiger partial charge in [-0.2, -0.15) is 0 Å². The van der Waals surface area contributed by atoms with Crippen LogP contribution in [0.1, 0.15) is 52.9 Å². The molecule has 4 nitrogen and oxygen atoms in total. The first-order chi connectivity index (χ1) is 7.75. The van der Waals surface area contributed by atoms with Crippen LogP contribution < -0.4 is 11.1 Å². The summed E-state index contributed by atoms with van der Waals surface area (Å²) < 4.78 is 0. The molecule has 0 heterocycles. The van der Waals surface area contributed by atoms with Gasteiger partial charge in [-0.05, 0) is 31.6 Å². The summed E-state index contributed by atoms with van der Waals surface area (Å²) in [6.45, 7) is 6.41. The van der Waals surface area contributed by atoms with Crippen LogP contribution in [0.2, 0.25) is 0 Å². The van der Waals surface area contributed by atoms with Crippen molar-refractivity contribution in [3.8, 4) is 0 Å². The van der Waals surface area contributed by atoms with Crippen LogP contribution in [0.25, 0.3) is 0 Å². The third kappa shape index (κ3) is 5.12. The second-order valence-electron chi connectivity index (χ2n) is 6.26. The van der Waals surface area contributed by atoms with E-state index in [9.17, 15) is 9.90 Å². The minimum atomic E-state index is -0.652. The first kappa shape index (κ1) is 17.7. The van der Waals surface area contributed by atoms with Crippen LogP contribution >= 0.6 is 12.4 Å². The number of carbonyl (C=O) groups is 1. The van der Waals surface area contributed by atoms with Crippen LogP contribution in [-0.4, -0.2) is 29.2 Å². The number of carbonyl (C=O) groups excluding carboxylic acids is 1. The summed E-state index contributed by atoms with van der Waals surface area (Å²) in [5, 5.41) is 12.3. The van der Waals surface area contributed by atoms with Gasteiger partial charge in [0.2, 0.25) is 5.91 Å². The number of hydrogen-bond donors (Lipinski definition) is 3. The Morgan fingerprint density at radius 2 is 1.94 bits per heavy atom. The van der Waals surface area contributed by atoms with E-state index in [2.05, 4.69) is 5.32 Å². The molecular weight excluding hydrogens is 252 g/mol. The lowest BCUT2D eigenvalue weighted by Crippen LogP contribution is -2.53. The van der Waals surface area contributed by atoms with E-state index >= 15 is 0 Å². The Kier molecular flexibility index (Phi) is 6.61. The molecule has 1 saturated carbocycles. The zero-order chi connectivity index (χ0) is 13.1. The van der Waals surface area contributed by atoms with Gasteiger partial charge in [0.1, 0.15) is 0 Å². The fraction of sp³-hybridized carbons (Fsp3) is 0.923. The summed E-state index contributed by atoms with van der Waals surface area (Å²) in [7, 11) is 0. The monoisotopic (exact) mass is 278 g/mol. The average Bonchev–Trinajstić information content (AvgIpc) is 2.61. The molecule has 1 fully saturated rings. The molecule has 0 aromatic rings. The Morgan fingerprint density at radius 3 is 2.39 bits per heavy atom. The summed E-state index contributed by atoms with van der Waals surface area (Å²) >= 11 is 0. The highest BCUT2D eigenvalue weighted by molar-refractivity contribution is 5.86. The number of hydrogen-bond acceptors (Lipinski definition) is 3. The molecule has 0 aromatic heterocycles. The number of nitrogens with one attached hydrogen (secondary N) is 1. The Balaban J connectivity index is 0.00000289. The predicted molar refractivity (Wildman–Crippen MR) is 75.7 cm³/mol. The number of aliphatic hydroxyl groups is 1. The average molecular weight is 279 g/mol. The molecule has 0 spiro atoms. The van der Waals surface area contributed by atoms with Crippen molar-refractivity contribution in [2.24, 2.45) is 11.1 Å². The van der Waals surface area contributed by atoms with Crippen molar-refractivity contribution < 1.29 is 9.90 Å². The van der Waals surface area contributed by atoms with E-state index < -0.39 is 5.54 Å². The lowest BCUT2D eigenvalue weighted by atomic mass is 9.86. The van der Waals surface area contributed by atoms with Crippen molar-refractivity contribution in [1.82, 2.24) is 5.32 Å². The van der Waals surface area contributed by atoms with Crippen molar-refractivity contribution in [1.29, 1.82) is 0 Å². The van der Waals surface area contributed by atoms with Gasteiger partial charge in [0.15, 0.2) is 0 Å². The molecule has 4 N–H and O–H groups in total. The largest absolute Gasteiger partial charge is 0.393 e. The summed E-state index contributed by atoms with van der Waals surface area (Å²) in [4.78, 5) is 12.0. The first-order valence-electron chi connectivity index (χ1n) is 6.50. The molecule has 5 heteroatoms. The van der Waals surface area contributed by atoms with Gasteiger partial charge in [-0.15, -0.1) is 12.4 Å². The molecule has 1 rings (SSSR count). The minimum absolute atomic E-state index is 0. The molecule has 1 unspecified atom stereocenters. The molecule has 0 radical (unpaired) electrons. The molecule has 18 heavy (non-hydrogen) atoms. The topological polar surface area (TPSA) is 75.3 Å². The van der Waals surface area contributed by atoms with Crippen LogP contribution in [0.15, 0.2) is 0 Å². The minimum Gasteiger partial charge on any atom is -0.393 e. The van der Waals surface area contributed by atoms with Crippen LogP contribution in [0.3, 0.4) is 0 Å². The quantitative estimate of drug-likeness (QED) is 0.715. The van der Waals surface area contributed by atoms with Gasteiger partial charge in [-0.1, -0.05) is 26.7 Å². The van der Waals surface area contributed by atoms with Crippen LogP contribution in [-0.2, 0) is 4.79 Å². The molecular formula is C13H27ClN2O2. The molecule has 1 atom stereocenters. The lowest BCUT2D eigenvalue weighted by molar-refractivity contribution is -0.126. The zero-order valence-electron chi connectivity index (χ0n) is 11.7. The third-order valence-electron chi connectivity index (χ3n) is 3.52.